The molecule has 2 aromatic heterocycles. The topological polar surface area (TPSA) is 50.4 Å². The van der Waals surface area contributed by atoms with Crippen LogP contribution in [0, 0.1) is 0 Å². The van der Waals surface area contributed by atoms with E-state index >= 15 is 0 Å². The van der Waals surface area contributed by atoms with Crippen molar-refractivity contribution in [3.05, 3.63) is 28.6 Å². The number of aliphatic hydroxyl groups excluding tert-OH is 1. The van der Waals surface area contributed by atoms with Crippen LogP contribution in [0.25, 0.3) is 5.65 Å². The first kappa shape index (κ1) is 9.61. The van der Waals surface area contributed by atoms with E-state index in [4.69, 9.17) is 5.11 Å². The lowest BCUT2D eigenvalue weighted by atomic mass is 10.3. The Morgan fingerprint density at radius 1 is 1.36 bits per heavy atom. The van der Waals surface area contributed by atoms with E-state index < -0.39 is 0 Å². The molecule has 2 rings (SSSR count). The third-order valence-electron chi connectivity index (χ3n) is 2.00. The van der Waals surface area contributed by atoms with Crippen LogP contribution < -0.4 is 0 Å². The molecule has 0 bridgehead atoms. The normalized spacial score (nSPS) is 11.0. The van der Waals surface area contributed by atoms with E-state index in [9.17, 15) is 0 Å². The fraction of sp³-hybridized carbons (Fsp3) is 0.333. The summed E-state index contributed by atoms with van der Waals surface area (Å²) in [6.07, 6.45) is 3.39. The number of pyridine rings is 1. The van der Waals surface area contributed by atoms with Gasteiger partial charge in [0.05, 0.1) is 0 Å². The first-order chi connectivity index (χ1) is 6.81. The number of hydrogen-bond acceptors (Lipinski definition) is 3. The molecule has 0 atom stereocenters. The summed E-state index contributed by atoms with van der Waals surface area (Å²) in [6, 6.07) is 3.83. The molecule has 2 heterocycles. The van der Waals surface area contributed by atoms with Crippen LogP contribution >= 0.6 is 15.9 Å². The molecule has 0 unspecified atom stereocenters. The molecule has 0 fully saturated rings. The van der Waals surface area contributed by atoms with Crippen molar-refractivity contribution in [1.82, 2.24) is 14.6 Å². The number of nitrogens with zero attached hydrogens (tertiary/aromatic N) is 3. The number of rotatable bonds is 3. The van der Waals surface area contributed by atoms with Gasteiger partial charge in [-0.05, 0) is 34.5 Å². The van der Waals surface area contributed by atoms with Crippen LogP contribution in [0.1, 0.15) is 12.2 Å². The molecule has 5 heteroatoms. The van der Waals surface area contributed by atoms with E-state index in [0.29, 0.717) is 6.42 Å². The highest BCUT2D eigenvalue weighted by Crippen LogP contribution is 2.12. The van der Waals surface area contributed by atoms with Crippen LogP contribution in [0.15, 0.2) is 22.8 Å². The monoisotopic (exact) mass is 255 g/mol. The molecule has 2 aromatic rings. The van der Waals surface area contributed by atoms with Crippen molar-refractivity contribution < 1.29 is 5.11 Å². The lowest BCUT2D eigenvalue weighted by Crippen LogP contribution is -1.96. The Balaban J connectivity index is 2.40. The van der Waals surface area contributed by atoms with Gasteiger partial charge in [0.15, 0.2) is 5.65 Å². The van der Waals surface area contributed by atoms with Gasteiger partial charge in [0.25, 0.3) is 0 Å². The van der Waals surface area contributed by atoms with Crippen molar-refractivity contribution in [2.45, 2.75) is 12.8 Å². The maximum absolute atomic E-state index is 8.73. The predicted octanol–water partition coefficient (Wildman–Crippen LogP) is 1.42. The van der Waals surface area contributed by atoms with E-state index in [1.807, 2.05) is 22.7 Å². The fourth-order valence-corrected chi connectivity index (χ4v) is 1.66. The van der Waals surface area contributed by atoms with Crippen molar-refractivity contribution in [2.24, 2.45) is 0 Å². The number of halogens is 1. The molecule has 1 N–H and O–H groups in total. The van der Waals surface area contributed by atoms with Crippen LogP contribution in [0.3, 0.4) is 0 Å². The Labute approximate surface area is 89.7 Å². The van der Waals surface area contributed by atoms with Crippen LogP contribution in [0.4, 0.5) is 0 Å². The molecule has 74 valence electrons. The van der Waals surface area contributed by atoms with Crippen LogP contribution in [0.5, 0.6) is 0 Å². The minimum atomic E-state index is 0.183. The molecule has 4 nitrogen and oxygen atoms in total. The van der Waals surface area contributed by atoms with Crippen LogP contribution in [0.2, 0.25) is 0 Å². The second-order valence-electron chi connectivity index (χ2n) is 3.02. The van der Waals surface area contributed by atoms with E-state index in [1.165, 1.54) is 0 Å². The molecule has 0 aliphatic carbocycles. The van der Waals surface area contributed by atoms with Crippen LogP contribution in [-0.2, 0) is 6.42 Å². The van der Waals surface area contributed by atoms with Crippen molar-refractivity contribution in [3.8, 4) is 0 Å². The molecule has 0 aromatic carbocycles. The summed E-state index contributed by atoms with van der Waals surface area (Å²) in [6.45, 7) is 0.183. The molecule has 0 aliphatic rings. The largest absolute Gasteiger partial charge is 0.396 e. The van der Waals surface area contributed by atoms with Gasteiger partial charge in [0.2, 0.25) is 0 Å². The standard InChI is InChI=1S/C9H10BrN3O/c10-7-3-4-9-12-11-8(2-1-5-14)13(9)6-7/h3-4,6,14H,1-2,5H2. The van der Waals surface area contributed by atoms with Crippen molar-refractivity contribution in [3.63, 3.8) is 0 Å². The summed E-state index contributed by atoms with van der Waals surface area (Å²) in [5, 5.41) is 16.8. The summed E-state index contributed by atoms with van der Waals surface area (Å²) in [5.74, 6) is 0.885. The summed E-state index contributed by atoms with van der Waals surface area (Å²) in [5.41, 5.74) is 0.834. The average molecular weight is 256 g/mol. The van der Waals surface area contributed by atoms with E-state index in [1.54, 1.807) is 0 Å². The molecular formula is C9H10BrN3O. The Bertz CT molecular complexity index is 441. The van der Waals surface area contributed by atoms with Gasteiger partial charge in [-0.2, -0.15) is 0 Å². The highest BCUT2D eigenvalue weighted by molar-refractivity contribution is 9.10. The molecule has 0 spiro atoms. The molecule has 14 heavy (non-hydrogen) atoms. The zero-order valence-corrected chi connectivity index (χ0v) is 9.11. The van der Waals surface area contributed by atoms with Gasteiger partial charge in [0.1, 0.15) is 5.82 Å². The van der Waals surface area contributed by atoms with E-state index in [2.05, 4.69) is 26.1 Å². The van der Waals surface area contributed by atoms with Gasteiger partial charge in [-0.15, -0.1) is 10.2 Å². The number of aliphatic hydroxyl groups is 1. The maximum Gasteiger partial charge on any atom is 0.160 e. The lowest BCUT2D eigenvalue weighted by molar-refractivity contribution is 0.287. The van der Waals surface area contributed by atoms with Gasteiger partial charge in [-0.3, -0.25) is 4.40 Å². The smallest absolute Gasteiger partial charge is 0.160 e. The van der Waals surface area contributed by atoms with Gasteiger partial charge in [-0.25, -0.2) is 0 Å². The second-order valence-corrected chi connectivity index (χ2v) is 3.93. The number of fused-ring (bicyclic) bond motifs is 1. The molecule has 0 aliphatic heterocycles. The van der Waals surface area contributed by atoms with Gasteiger partial charge in [0, 0.05) is 23.7 Å². The van der Waals surface area contributed by atoms with Crippen molar-refractivity contribution in [2.75, 3.05) is 6.61 Å². The lowest BCUT2D eigenvalue weighted by Gasteiger charge is -1.98. The Morgan fingerprint density at radius 2 is 2.21 bits per heavy atom. The molecule has 0 saturated heterocycles. The van der Waals surface area contributed by atoms with Crippen molar-refractivity contribution >= 4 is 21.6 Å². The highest BCUT2D eigenvalue weighted by atomic mass is 79.9. The fourth-order valence-electron chi connectivity index (χ4n) is 1.32. The summed E-state index contributed by atoms with van der Waals surface area (Å²) in [4.78, 5) is 0. The summed E-state index contributed by atoms with van der Waals surface area (Å²) < 4.78 is 2.93. The number of hydrogen-bond donors (Lipinski definition) is 1. The highest BCUT2D eigenvalue weighted by Gasteiger charge is 2.04. The van der Waals surface area contributed by atoms with Crippen LogP contribution in [-0.4, -0.2) is 26.3 Å². The SMILES string of the molecule is OCCCc1nnc2ccc(Br)cn12. The first-order valence-corrected chi connectivity index (χ1v) is 5.20. The zero-order chi connectivity index (χ0) is 9.97. The molecular weight excluding hydrogens is 246 g/mol. The second kappa shape index (κ2) is 4.06. The van der Waals surface area contributed by atoms with Gasteiger partial charge >= 0.3 is 0 Å². The van der Waals surface area contributed by atoms with Crippen molar-refractivity contribution in [1.29, 1.82) is 0 Å². The molecule has 0 amide bonds. The maximum atomic E-state index is 8.73. The predicted molar refractivity (Wildman–Crippen MR) is 56.1 cm³/mol. The van der Waals surface area contributed by atoms with Gasteiger partial charge in [-0.1, -0.05) is 0 Å². The Morgan fingerprint density at radius 3 is 3.00 bits per heavy atom. The third kappa shape index (κ3) is 1.78. The third-order valence-corrected chi connectivity index (χ3v) is 2.46. The Kier molecular flexibility index (Phi) is 2.79. The Hall–Kier alpha value is -0.940. The molecule has 0 radical (unpaired) electrons. The van der Waals surface area contributed by atoms with Gasteiger partial charge < -0.3 is 5.11 Å². The zero-order valence-electron chi connectivity index (χ0n) is 7.52. The molecule has 0 saturated carbocycles. The number of aromatic nitrogens is 3. The minimum absolute atomic E-state index is 0.183. The van der Waals surface area contributed by atoms with E-state index in [0.717, 1.165) is 22.4 Å². The first-order valence-electron chi connectivity index (χ1n) is 4.41. The summed E-state index contributed by atoms with van der Waals surface area (Å²) >= 11 is 3.39. The average Bonchev–Trinajstić information content (AvgIpc) is 2.57. The quantitative estimate of drug-likeness (QED) is 0.903. The minimum Gasteiger partial charge on any atom is -0.396 e. The summed E-state index contributed by atoms with van der Waals surface area (Å²) in [7, 11) is 0. The van der Waals surface area contributed by atoms with E-state index in [-0.39, 0.29) is 6.61 Å². The number of aryl methyl sites for hydroxylation is 1.